The third kappa shape index (κ3) is 2.07. The van der Waals surface area contributed by atoms with Crippen LogP contribution in [0.2, 0.25) is 0 Å². The highest BCUT2D eigenvalue weighted by Crippen LogP contribution is 2.06. The minimum atomic E-state index is -0.517. The molecule has 0 N–H and O–H groups in total. The standard InChI is InChI=1S/C5H4IN3O2/c6-1-5-7-2-4(3-8-5)9(10)11/h2-3H,1H2. The SMILES string of the molecule is O=[N+]([O-])c1cnc(CI)nc1. The van der Waals surface area contributed by atoms with E-state index < -0.39 is 4.92 Å². The second-order valence-electron chi connectivity index (χ2n) is 1.75. The van der Waals surface area contributed by atoms with Gasteiger partial charge in [-0.05, 0) is 0 Å². The van der Waals surface area contributed by atoms with Crippen LogP contribution in [0, 0.1) is 10.1 Å². The van der Waals surface area contributed by atoms with E-state index in [9.17, 15) is 10.1 Å². The lowest BCUT2D eigenvalue weighted by Gasteiger charge is -1.91. The van der Waals surface area contributed by atoms with Crippen LogP contribution in [0.4, 0.5) is 5.69 Å². The molecule has 6 heteroatoms. The number of nitro groups is 1. The van der Waals surface area contributed by atoms with Crippen molar-refractivity contribution >= 4 is 28.3 Å². The number of alkyl halides is 1. The van der Waals surface area contributed by atoms with Gasteiger partial charge in [-0.1, -0.05) is 22.6 Å². The number of halogens is 1. The first-order valence-corrected chi connectivity index (χ1v) is 4.28. The molecule has 0 bridgehead atoms. The lowest BCUT2D eigenvalue weighted by atomic mass is 10.5. The van der Waals surface area contributed by atoms with Crippen molar-refractivity contribution in [2.45, 2.75) is 4.43 Å². The van der Waals surface area contributed by atoms with Crippen LogP contribution in [0.1, 0.15) is 5.82 Å². The molecule has 11 heavy (non-hydrogen) atoms. The summed E-state index contributed by atoms with van der Waals surface area (Å²) in [4.78, 5) is 17.1. The van der Waals surface area contributed by atoms with E-state index in [1.807, 2.05) is 0 Å². The molecule has 58 valence electrons. The normalized spacial score (nSPS) is 9.55. The molecule has 0 aromatic carbocycles. The topological polar surface area (TPSA) is 68.9 Å². The van der Waals surface area contributed by atoms with E-state index in [2.05, 4.69) is 32.6 Å². The average Bonchev–Trinajstić information content (AvgIpc) is 2.05. The molecule has 0 amide bonds. The van der Waals surface area contributed by atoms with Gasteiger partial charge < -0.3 is 0 Å². The lowest BCUT2D eigenvalue weighted by molar-refractivity contribution is -0.385. The van der Waals surface area contributed by atoms with Gasteiger partial charge in [0.2, 0.25) is 0 Å². The van der Waals surface area contributed by atoms with Crippen molar-refractivity contribution in [2.24, 2.45) is 0 Å². The van der Waals surface area contributed by atoms with E-state index >= 15 is 0 Å². The molecule has 0 aliphatic rings. The zero-order valence-corrected chi connectivity index (χ0v) is 7.56. The van der Waals surface area contributed by atoms with Gasteiger partial charge in [-0.25, -0.2) is 9.97 Å². The largest absolute Gasteiger partial charge is 0.305 e. The summed E-state index contributed by atoms with van der Waals surface area (Å²) in [6, 6.07) is 0. The maximum Gasteiger partial charge on any atom is 0.305 e. The van der Waals surface area contributed by atoms with Crippen molar-refractivity contribution in [1.82, 2.24) is 9.97 Å². The predicted octanol–water partition coefficient (Wildman–Crippen LogP) is 1.32. The minimum Gasteiger partial charge on any atom is -0.258 e. The van der Waals surface area contributed by atoms with Crippen LogP contribution < -0.4 is 0 Å². The van der Waals surface area contributed by atoms with Crippen molar-refractivity contribution in [3.63, 3.8) is 0 Å². The second kappa shape index (κ2) is 3.56. The smallest absolute Gasteiger partial charge is 0.258 e. The van der Waals surface area contributed by atoms with Crippen molar-refractivity contribution in [2.75, 3.05) is 0 Å². The monoisotopic (exact) mass is 265 g/mol. The molecule has 0 unspecified atom stereocenters. The first kappa shape index (κ1) is 8.31. The van der Waals surface area contributed by atoms with E-state index in [1.54, 1.807) is 0 Å². The fourth-order valence-electron chi connectivity index (χ4n) is 0.511. The average molecular weight is 265 g/mol. The molecule has 1 aromatic heterocycles. The van der Waals surface area contributed by atoms with Crippen LogP contribution in [-0.2, 0) is 4.43 Å². The summed E-state index contributed by atoms with van der Waals surface area (Å²) in [6.07, 6.45) is 2.42. The summed E-state index contributed by atoms with van der Waals surface area (Å²) in [6.45, 7) is 0. The van der Waals surface area contributed by atoms with Gasteiger partial charge in [-0.15, -0.1) is 0 Å². The number of hydrogen-bond acceptors (Lipinski definition) is 4. The van der Waals surface area contributed by atoms with Crippen molar-refractivity contribution in [3.05, 3.63) is 28.3 Å². The third-order valence-electron chi connectivity index (χ3n) is 1.02. The van der Waals surface area contributed by atoms with Crippen LogP contribution in [-0.4, -0.2) is 14.9 Å². The molecular weight excluding hydrogens is 261 g/mol. The summed E-state index contributed by atoms with van der Waals surface area (Å²) < 4.78 is 0.662. The van der Waals surface area contributed by atoms with Gasteiger partial charge in [0.05, 0.1) is 9.35 Å². The Hall–Kier alpha value is -0.790. The minimum absolute atomic E-state index is 0.0707. The lowest BCUT2D eigenvalue weighted by Crippen LogP contribution is -1.94. The Labute approximate surface area is 76.2 Å². The van der Waals surface area contributed by atoms with Crippen LogP contribution in [0.25, 0.3) is 0 Å². The van der Waals surface area contributed by atoms with Gasteiger partial charge in [0.15, 0.2) is 0 Å². The summed E-state index contributed by atoms with van der Waals surface area (Å²) in [5, 5.41) is 10.1. The molecule has 0 spiro atoms. The third-order valence-corrected chi connectivity index (χ3v) is 1.70. The van der Waals surface area contributed by atoms with Crippen molar-refractivity contribution in [3.8, 4) is 0 Å². The highest BCUT2D eigenvalue weighted by Gasteiger charge is 2.04. The highest BCUT2D eigenvalue weighted by atomic mass is 127. The van der Waals surface area contributed by atoms with Gasteiger partial charge in [0, 0.05) is 0 Å². The fraction of sp³-hybridized carbons (Fsp3) is 0.200. The summed E-state index contributed by atoms with van der Waals surface area (Å²) >= 11 is 2.09. The van der Waals surface area contributed by atoms with Gasteiger partial charge in [-0.3, -0.25) is 10.1 Å². The van der Waals surface area contributed by atoms with E-state index in [1.165, 1.54) is 12.4 Å². The van der Waals surface area contributed by atoms with Gasteiger partial charge >= 0.3 is 5.69 Å². The Morgan fingerprint density at radius 2 is 2.09 bits per heavy atom. The van der Waals surface area contributed by atoms with Crippen LogP contribution in [0.3, 0.4) is 0 Å². The summed E-state index contributed by atoms with van der Waals surface area (Å²) in [7, 11) is 0. The summed E-state index contributed by atoms with van der Waals surface area (Å²) in [5.74, 6) is 0.608. The number of nitrogens with zero attached hydrogens (tertiary/aromatic N) is 3. The molecule has 0 radical (unpaired) electrons. The molecule has 0 fully saturated rings. The maximum atomic E-state index is 10.1. The quantitative estimate of drug-likeness (QED) is 0.350. The molecule has 0 saturated heterocycles. The Morgan fingerprint density at radius 1 is 1.55 bits per heavy atom. The zero-order valence-electron chi connectivity index (χ0n) is 5.40. The Bertz CT molecular complexity index is 261. The fourth-order valence-corrected chi connectivity index (χ4v) is 0.905. The molecule has 0 aliphatic carbocycles. The van der Waals surface area contributed by atoms with E-state index in [-0.39, 0.29) is 5.69 Å². The van der Waals surface area contributed by atoms with Gasteiger partial charge in [0.25, 0.3) is 0 Å². The predicted molar refractivity (Wildman–Crippen MR) is 46.4 cm³/mol. The Morgan fingerprint density at radius 3 is 2.45 bits per heavy atom. The molecular formula is C5H4IN3O2. The van der Waals surface area contributed by atoms with E-state index in [4.69, 9.17) is 0 Å². The number of aromatic nitrogens is 2. The molecule has 1 heterocycles. The zero-order chi connectivity index (χ0) is 8.27. The van der Waals surface area contributed by atoms with Crippen LogP contribution >= 0.6 is 22.6 Å². The summed E-state index contributed by atoms with van der Waals surface area (Å²) in [5.41, 5.74) is -0.0707. The van der Waals surface area contributed by atoms with Crippen molar-refractivity contribution in [1.29, 1.82) is 0 Å². The molecule has 0 atom stereocenters. The number of hydrogen-bond donors (Lipinski definition) is 0. The first-order chi connectivity index (χ1) is 5.24. The number of rotatable bonds is 2. The molecule has 5 nitrogen and oxygen atoms in total. The van der Waals surface area contributed by atoms with Crippen molar-refractivity contribution < 1.29 is 4.92 Å². The second-order valence-corrected chi connectivity index (χ2v) is 2.51. The molecule has 0 aliphatic heterocycles. The van der Waals surface area contributed by atoms with Crippen LogP contribution in [0.15, 0.2) is 12.4 Å². The van der Waals surface area contributed by atoms with Gasteiger partial charge in [-0.2, -0.15) is 0 Å². The highest BCUT2D eigenvalue weighted by molar-refractivity contribution is 14.1. The molecule has 1 aromatic rings. The van der Waals surface area contributed by atoms with Crippen LogP contribution in [0.5, 0.6) is 0 Å². The molecule has 1 rings (SSSR count). The van der Waals surface area contributed by atoms with E-state index in [0.29, 0.717) is 10.3 Å². The Kier molecular flexibility index (Phi) is 2.69. The Balaban J connectivity index is 2.91. The maximum absolute atomic E-state index is 10.1. The van der Waals surface area contributed by atoms with Gasteiger partial charge in [0.1, 0.15) is 18.2 Å². The van der Waals surface area contributed by atoms with E-state index in [0.717, 1.165) is 0 Å². The molecule has 0 saturated carbocycles. The first-order valence-electron chi connectivity index (χ1n) is 2.75.